The zero-order valence-corrected chi connectivity index (χ0v) is 6.18. The summed E-state index contributed by atoms with van der Waals surface area (Å²) in [6.07, 6.45) is -0.690. The Morgan fingerprint density at radius 2 is 2.00 bits per heavy atom. The molecule has 0 radical (unpaired) electrons. The van der Waals surface area contributed by atoms with E-state index in [-0.39, 0.29) is 5.57 Å². The standard InChI is InChI=1S/C5H7NO.C2H6/c1-4(3-6)5(2)7;1-2/h5,7H,1H2,2H3;1-2H3. The monoisotopic (exact) mass is 127 g/mol. The van der Waals surface area contributed by atoms with Gasteiger partial charge in [0, 0.05) is 0 Å². The van der Waals surface area contributed by atoms with Crippen molar-refractivity contribution >= 4 is 0 Å². The minimum absolute atomic E-state index is 0.208. The molecular formula is C7H13NO. The molecule has 0 aliphatic carbocycles. The zero-order valence-electron chi connectivity index (χ0n) is 6.18. The van der Waals surface area contributed by atoms with Gasteiger partial charge >= 0.3 is 0 Å². The van der Waals surface area contributed by atoms with E-state index < -0.39 is 6.10 Å². The molecule has 0 aliphatic rings. The summed E-state index contributed by atoms with van der Waals surface area (Å²) in [5, 5.41) is 16.5. The molecule has 0 saturated carbocycles. The van der Waals surface area contributed by atoms with Crippen LogP contribution < -0.4 is 0 Å². The predicted molar refractivity (Wildman–Crippen MR) is 37.8 cm³/mol. The Morgan fingerprint density at radius 1 is 1.67 bits per heavy atom. The molecule has 52 valence electrons. The van der Waals surface area contributed by atoms with E-state index in [1.54, 1.807) is 6.07 Å². The summed E-state index contributed by atoms with van der Waals surface area (Å²) in [4.78, 5) is 0. The molecule has 0 aromatic heterocycles. The third kappa shape index (κ3) is 7.19. The maximum Gasteiger partial charge on any atom is 0.0968 e. The fourth-order valence-corrected chi connectivity index (χ4v) is 0.0934. The van der Waals surface area contributed by atoms with Gasteiger partial charge in [0.05, 0.1) is 17.7 Å². The Labute approximate surface area is 56.4 Å². The van der Waals surface area contributed by atoms with E-state index in [1.807, 2.05) is 13.8 Å². The summed E-state index contributed by atoms with van der Waals surface area (Å²) >= 11 is 0. The van der Waals surface area contributed by atoms with Gasteiger partial charge in [-0.3, -0.25) is 0 Å². The van der Waals surface area contributed by atoms with E-state index >= 15 is 0 Å². The largest absolute Gasteiger partial charge is 0.388 e. The van der Waals surface area contributed by atoms with Gasteiger partial charge < -0.3 is 5.11 Å². The fourth-order valence-electron chi connectivity index (χ4n) is 0.0934. The third-order valence-corrected chi connectivity index (χ3v) is 0.648. The van der Waals surface area contributed by atoms with Crippen LogP contribution >= 0.6 is 0 Å². The number of hydrogen-bond acceptors (Lipinski definition) is 2. The molecule has 0 fully saturated rings. The number of aliphatic hydroxyl groups is 1. The smallest absolute Gasteiger partial charge is 0.0968 e. The Hall–Kier alpha value is -0.810. The lowest BCUT2D eigenvalue weighted by atomic mass is 10.2. The van der Waals surface area contributed by atoms with E-state index in [0.29, 0.717) is 0 Å². The topological polar surface area (TPSA) is 44.0 Å². The first kappa shape index (κ1) is 11.0. The predicted octanol–water partition coefficient (Wildman–Crippen LogP) is 1.47. The van der Waals surface area contributed by atoms with Crippen LogP contribution in [0, 0.1) is 11.3 Å². The molecule has 0 aromatic carbocycles. The van der Waals surface area contributed by atoms with Gasteiger partial charge in [0.15, 0.2) is 0 Å². The van der Waals surface area contributed by atoms with Crippen LogP contribution in [0.1, 0.15) is 20.8 Å². The molecule has 2 heteroatoms. The molecule has 2 nitrogen and oxygen atoms in total. The molecule has 0 amide bonds. The highest BCUT2D eigenvalue weighted by Gasteiger charge is 1.95. The highest BCUT2D eigenvalue weighted by Crippen LogP contribution is 1.92. The Balaban J connectivity index is 0. The van der Waals surface area contributed by atoms with Crippen LogP contribution in [0.3, 0.4) is 0 Å². The van der Waals surface area contributed by atoms with Crippen LogP contribution in [-0.4, -0.2) is 11.2 Å². The van der Waals surface area contributed by atoms with Crippen molar-refractivity contribution in [2.45, 2.75) is 26.9 Å². The Bertz CT molecular complexity index is 111. The second kappa shape index (κ2) is 7.19. The molecule has 0 heterocycles. The highest BCUT2D eigenvalue weighted by molar-refractivity contribution is 5.19. The van der Waals surface area contributed by atoms with Gasteiger partial charge in [-0.2, -0.15) is 5.26 Å². The fraction of sp³-hybridized carbons (Fsp3) is 0.571. The first-order valence-electron chi connectivity index (χ1n) is 2.95. The lowest BCUT2D eigenvalue weighted by Gasteiger charge is -1.94. The molecule has 0 rings (SSSR count). The van der Waals surface area contributed by atoms with Crippen molar-refractivity contribution in [2.75, 3.05) is 0 Å². The van der Waals surface area contributed by atoms with Crippen molar-refractivity contribution in [3.63, 3.8) is 0 Å². The molecule has 0 saturated heterocycles. The van der Waals surface area contributed by atoms with Crippen LogP contribution in [-0.2, 0) is 0 Å². The number of aliphatic hydroxyl groups excluding tert-OH is 1. The van der Waals surface area contributed by atoms with Gasteiger partial charge in [-0.15, -0.1) is 0 Å². The summed E-state index contributed by atoms with van der Waals surface area (Å²) in [7, 11) is 0. The molecule has 1 unspecified atom stereocenters. The normalized spacial score (nSPS) is 10.1. The summed E-state index contributed by atoms with van der Waals surface area (Å²) in [6.45, 7) is 8.77. The van der Waals surface area contributed by atoms with Gasteiger partial charge in [-0.05, 0) is 6.92 Å². The second-order valence-corrected chi connectivity index (χ2v) is 1.31. The Morgan fingerprint density at radius 3 is 2.00 bits per heavy atom. The lowest BCUT2D eigenvalue weighted by molar-refractivity contribution is 0.237. The van der Waals surface area contributed by atoms with E-state index in [1.165, 1.54) is 6.92 Å². The summed E-state index contributed by atoms with van der Waals surface area (Å²) in [5.41, 5.74) is 0.208. The average molecular weight is 127 g/mol. The van der Waals surface area contributed by atoms with Crippen molar-refractivity contribution in [3.05, 3.63) is 12.2 Å². The maximum atomic E-state index is 8.50. The van der Waals surface area contributed by atoms with Crippen LogP contribution in [0.2, 0.25) is 0 Å². The minimum atomic E-state index is -0.690. The van der Waals surface area contributed by atoms with Crippen LogP contribution in [0.25, 0.3) is 0 Å². The van der Waals surface area contributed by atoms with Gasteiger partial charge in [0.25, 0.3) is 0 Å². The first-order chi connectivity index (χ1) is 4.18. The summed E-state index contributed by atoms with van der Waals surface area (Å²) in [6, 6.07) is 1.72. The molecule has 9 heavy (non-hydrogen) atoms. The van der Waals surface area contributed by atoms with Crippen LogP contribution in [0.15, 0.2) is 12.2 Å². The van der Waals surface area contributed by atoms with E-state index in [9.17, 15) is 0 Å². The van der Waals surface area contributed by atoms with Gasteiger partial charge in [-0.1, -0.05) is 20.4 Å². The maximum absolute atomic E-state index is 8.50. The average Bonchev–Trinajstić information content (AvgIpc) is 1.91. The van der Waals surface area contributed by atoms with Crippen molar-refractivity contribution in [1.29, 1.82) is 5.26 Å². The van der Waals surface area contributed by atoms with Crippen LogP contribution in [0.4, 0.5) is 0 Å². The summed E-state index contributed by atoms with van der Waals surface area (Å²) < 4.78 is 0. The quantitative estimate of drug-likeness (QED) is 0.542. The summed E-state index contributed by atoms with van der Waals surface area (Å²) in [5.74, 6) is 0. The van der Waals surface area contributed by atoms with Crippen molar-refractivity contribution in [1.82, 2.24) is 0 Å². The molecular weight excluding hydrogens is 114 g/mol. The van der Waals surface area contributed by atoms with Gasteiger partial charge in [0.2, 0.25) is 0 Å². The van der Waals surface area contributed by atoms with Gasteiger partial charge in [0.1, 0.15) is 0 Å². The van der Waals surface area contributed by atoms with E-state index in [4.69, 9.17) is 10.4 Å². The molecule has 0 bridgehead atoms. The Kier molecular flexibility index (Phi) is 8.83. The lowest BCUT2D eigenvalue weighted by Crippen LogP contribution is -1.99. The van der Waals surface area contributed by atoms with E-state index in [0.717, 1.165) is 0 Å². The SMILES string of the molecule is C=C(C#N)C(C)O.CC. The zero-order chi connectivity index (χ0) is 7.86. The molecule has 0 aliphatic heterocycles. The number of rotatable bonds is 1. The third-order valence-electron chi connectivity index (χ3n) is 0.648. The second-order valence-electron chi connectivity index (χ2n) is 1.31. The molecule has 0 aromatic rings. The van der Waals surface area contributed by atoms with Crippen molar-refractivity contribution in [3.8, 4) is 6.07 Å². The van der Waals surface area contributed by atoms with Gasteiger partial charge in [-0.25, -0.2) is 0 Å². The highest BCUT2D eigenvalue weighted by atomic mass is 16.3. The van der Waals surface area contributed by atoms with Crippen molar-refractivity contribution in [2.24, 2.45) is 0 Å². The molecule has 1 atom stereocenters. The molecule has 0 spiro atoms. The van der Waals surface area contributed by atoms with Crippen LogP contribution in [0.5, 0.6) is 0 Å². The first-order valence-corrected chi connectivity index (χ1v) is 2.95. The number of nitrogens with zero attached hydrogens (tertiary/aromatic N) is 1. The minimum Gasteiger partial charge on any atom is -0.388 e. The van der Waals surface area contributed by atoms with Crippen molar-refractivity contribution < 1.29 is 5.11 Å². The number of hydrogen-bond donors (Lipinski definition) is 1. The molecule has 1 N–H and O–H groups in total. The number of nitriles is 1. The van der Waals surface area contributed by atoms with E-state index in [2.05, 4.69) is 6.58 Å².